The van der Waals surface area contributed by atoms with Gasteiger partial charge in [0.15, 0.2) is 4.77 Å². The fourth-order valence-corrected chi connectivity index (χ4v) is 2.46. The fraction of sp³-hybridized carbons (Fsp3) is 0.818. The van der Waals surface area contributed by atoms with E-state index >= 15 is 0 Å². The molecule has 1 fully saturated rings. The summed E-state index contributed by atoms with van der Waals surface area (Å²) in [6.45, 7) is 7.64. The second-order valence-corrected chi connectivity index (χ2v) is 5.53. The van der Waals surface area contributed by atoms with Gasteiger partial charge in [0.2, 0.25) is 5.95 Å². The Kier molecular flexibility index (Phi) is 3.06. The van der Waals surface area contributed by atoms with Crippen molar-refractivity contribution in [1.82, 2.24) is 14.8 Å². The molecule has 1 aliphatic rings. The van der Waals surface area contributed by atoms with Crippen molar-refractivity contribution in [1.29, 1.82) is 0 Å². The third-order valence-electron chi connectivity index (χ3n) is 3.33. The minimum Gasteiger partial charge on any atom is -0.344 e. The maximum Gasteiger partial charge on any atom is 0.225 e. The topological polar surface area (TPSA) is 36.9 Å². The second-order valence-electron chi connectivity index (χ2n) is 5.15. The number of hydrogen-bond acceptors (Lipinski definition) is 3. The molecule has 0 saturated heterocycles. The first kappa shape index (κ1) is 11.6. The van der Waals surface area contributed by atoms with Crippen LogP contribution in [0.3, 0.4) is 0 Å². The molecular formula is C11H20N4S. The standard InChI is InChI=1S/C11H20N4S/c1-7(2)15-10(12-13-11(15)16)14(4)6-9-5-8(9)3/h7-9H,5-6H2,1-4H3,(H,13,16). The van der Waals surface area contributed by atoms with E-state index in [4.69, 9.17) is 12.2 Å². The van der Waals surface area contributed by atoms with Crippen molar-refractivity contribution in [3.63, 3.8) is 0 Å². The van der Waals surface area contributed by atoms with Crippen molar-refractivity contribution in [2.75, 3.05) is 18.5 Å². The number of anilines is 1. The molecule has 0 aliphatic heterocycles. The maximum atomic E-state index is 5.24. The van der Waals surface area contributed by atoms with Crippen LogP contribution in [-0.2, 0) is 0 Å². The van der Waals surface area contributed by atoms with E-state index in [2.05, 4.69) is 47.5 Å². The van der Waals surface area contributed by atoms with Gasteiger partial charge in [-0.15, -0.1) is 5.10 Å². The summed E-state index contributed by atoms with van der Waals surface area (Å²) in [4.78, 5) is 2.21. The van der Waals surface area contributed by atoms with Gasteiger partial charge >= 0.3 is 0 Å². The molecule has 4 nitrogen and oxygen atoms in total. The lowest BCUT2D eigenvalue weighted by Gasteiger charge is -2.20. The third kappa shape index (κ3) is 2.14. The summed E-state index contributed by atoms with van der Waals surface area (Å²) in [5.74, 6) is 2.66. The van der Waals surface area contributed by atoms with Crippen LogP contribution in [0.25, 0.3) is 0 Å². The van der Waals surface area contributed by atoms with Crippen molar-refractivity contribution in [2.45, 2.75) is 33.2 Å². The summed E-state index contributed by atoms with van der Waals surface area (Å²) in [6.07, 6.45) is 1.34. The van der Waals surface area contributed by atoms with E-state index in [9.17, 15) is 0 Å². The van der Waals surface area contributed by atoms with Gasteiger partial charge in [-0.25, -0.2) is 5.10 Å². The Labute approximate surface area is 102 Å². The average molecular weight is 240 g/mol. The predicted octanol–water partition coefficient (Wildman–Crippen LogP) is 2.61. The molecule has 2 unspecified atom stereocenters. The Bertz CT molecular complexity index is 420. The largest absolute Gasteiger partial charge is 0.344 e. The molecule has 2 rings (SSSR count). The number of hydrogen-bond donors (Lipinski definition) is 1. The molecule has 1 saturated carbocycles. The monoisotopic (exact) mass is 240 g/mol. The van der Waals surface area contributed by atoms with E-state index in [1.165, 1.54) is 6.42 Å². The van der Waals surface area contributed by atoms with Gasteiger partial charge < -0.3 is 4.90 Å². The molecule has 1 heterocycles. The van der Waals surface area contributed by atoms with E-state index in [1.807, 2.05) is 0 Å². The van der Waals surface area contributed by atoms with Crippen LogP contribution in [0.2, 0.25) is 0 Å². The van der Waals surface area contributed by atoms with Crippen LogP contribution in [0.5, 0.6) is 0 Å². The molecule has 90 valence electrons. The molecule has 1 N–H and O–H groups in total. The van der Waals surface area contributed by atoms with Gasteiger partial charge in [-0.2, -0.15) is 0 Å². The molecule has 5 heteroatoms. The number of H-pyrrole nitrogens is 1. The second kappa shape index (κ2) is 4.20. The first-order chi connectivity index (χ1) is 7.50. The highest BCUT2D eigenvalue weighted by Crippen LogP contribution is 2.38. The summed E-state index contributed by atoms with van der Waals surface area (Å²) in [7, 11) is 2.09. The van der Waals surface area contributed by atoms with Crippen LogP contribution in [0, 0.1) is 16.6 Å². The lowest BCUT2D eigenvalue weighted by Crippen LogP contribution is -2.24. The number of nitrogens with one attached hydrogen (secondary N) is 1. The van der Waals surface area contributed by atoms with Gasteiger partial charge in [-0.1, -0.05) is 6.92 Å². The van der Waals surface area contributed by atoms with E-state index < -0.39 is 0 Å². The Morgan fingerprint density at radius 3 is 2.75 bits per heavy atom. The number of rotatable bonds is 4. The van der Waals surface area contributed by atoms with E-state index in [0.717, 1.165) is 24.3 Å². The predicted molar refractivity (Wildman–Crippen MR) is 68.3 cm³/mol. The first-order valence-electron chi connectivity index (χ1n) is 5.88. The van der Waals surface area contributed by atoms with E-state index in [1.54, 1.807) is 0 Å². The normalized spacial score (nSPS) is 23.8. The third-order valence-corrected chi connectivity index (χ3v) is 3.62. The highest BCUT2D eigenvalue weighted by atomic mass is 32.1. The van der Waals surface area contributed by atoms with Crippen LogP contribution in [0.15, 0.2) is 0 Å². The summed E-state index contributed by atoms with van der Waals surface area (Å²) in [5, 5.41) is 7.19. The lowest BCUT2D eigenvalue weighted by molar-refractivity contribution is 0.578. The van der Waals surface area contributed by atoms with Gasteiger partial charge in [0, 0.05) is 19.6 Å². The summed E-state index contributed by atoms with van der Waals surface area (Å²) < 4.78 is 2.78. The zero-order valence-corrected chi connectivity index (χ0v) is 11.2. The smallest absolute Gasteiger partial charge is 0.225 e. The minimum absolute atomic E-state index is 0.348. The van der Waals surface area contributed by atoms with Gasteiger partial charge in [-0.05, 0) is 44.3 Å². The molecule has 0 aromatic carbocycles. The van der Waals surface area contributed by atoms with Gasteiger partial charge in [0.25, 0.3) is 0 Å². The SMILES string of the molecule is CC1CC1CN(C)c1n[nH]c(=S)n1C(C)C. The number of nitrogens with zero attached hydrogens (tertiary/aromatic N) is 3. The molecule has 0 spiro atoms. The Balaban J connectivity index is 2.16. The lowest BCUT2D eigenvalue weighted by atomic mass is 10.3. The molecule has 0 amide bonds. The summed E-state index contributed by atoms with van der Waals surface area (Å²) in [6, 6.07) is 0.348. The van der Waals surface area contributed by atoms with Crippen molar-refractivity contribution in [3.05, 3.63) is 4.77 Å². The Hall–Kier alpha value is -0.840. The van der Waals surface area contributed by atoms with Gasteiger partial charge in [0.1, 0.15) is 0 Å². The van der Waals surface area contributed by atoms with Crippen LogP contribution in [0.1, 0.15) is 33.2 Å². The quantitative estimate of drug-likeness (QED) is 0.822. The molecular weight excluding hydrogens is 220 g/mol. The molecule has 0 bridgehead atoms. The molecule has 2 atom stereocenters. The summed E-state index contributed by atoms with van der Waals surface area (Å²) in [5.41, 5.74) is 0. The Morgan fingerprint density at radius 2 is 2.25 bits per heavy atom. The minimum atomic E-state index is 0.348. The van der Waals surface area contributed by atoms with Crippen molar-refractivity contribution in [3.8, 4) is 0 Å². The fourth-order valence-electron chi connectivity index (χ4n) is 2.12. The molecule has 1 aromatic heterocycles. The van der Waals surface area contributed by atoms with Crippen molar-refractivity contribution >= 4 is 18.2 Å². The van der Waals surface area contributed by atoms with Crippen LogP contribution in [0.4, 0.5) is 5.95 Å². The zero-order valence-electron chi connectivity index (χ0n) is 10.4. The van der Waals surface area contributed by atoms with E-state index in [0.29, 0.717) is 10.8 Å². The highest BCUT2D eigenvalue weighted by molar-refractivity contribution is 7.71. The van der Waals surface area contributed by atoms with Crippen LogP contribution >= 0.6 is 12.2 Å². The highest BCUT2D eigenvalue weighted by Gasteiger charge is 2.34. The molecule has 1 aliphatic carbocycles. The number of aromatic nitrogens is 3. The number of aromatic amines is 1. The maximum absolute atomic E-state index is 5.24. The van der Waals surface area contributed by atoms with Gasteiger partial charge in [-0.3, -0.25) is 4.57 Å². The van der Waals surface area contributed by atoms with Gasteiger partial charge in [0.05, 0.1) is 0 Å². The zero-order chi connectivity index (χ0) is 11.9. The van der Waals surface area contributed by atoms with E-state index in [-0.39, 0.29) is 0 Å². The van der Waals surface area contributed by atoms with Crippen molar-refractivity contribution in [2.24, 2.45) is 11.8 Å². The van der Waals surface area contributed by atoms with Crippen LogP contribution < -0.4 is 4.90 Å². The van der Waals surface area contributed by atoms with Crippen molar-refractivity contribution < 1.29 is 0 Å². The Morgan fingerprint density at radius 1 is 1.62 bits per heavy atom. The molecule has 1 aromatic rings. The summed E-state index contributed by atoms with van der Waals surface area (Å²) >= 11 is 5.24. The molecule has 16 heavy (non-hydrogen) atoms. The first-order valence-corrected chi connectivity index (χ1v) is 6.29. The van der Waals surface area contributed by atoms with Crippen LogP contribution in [-0.4, -0.2) is 28.4 Å². The molecule has 0 radical (unpaired) electrons. The average Bonchev–Trinajstić information content (AvgIpc) is 2.74.